The van der Waals surface area contributed by atoms with Gasteiger partial charge in [-0.15, -0.1) is 12.4 Å². The average molecular weight is 1510 g/mol. The van der Waals surface area contributed by atoms with Crippen LogP contribution in [0.4, 0.5) is 51.8 Å². The van der Waals surface area contributed by atoms with Crippen LogP contribution in [-0.4, -0.2) is 248 Å². The van der Waals surface area contributed by atoms with E-state index in [1.54, 1.807) is 0 Å². The Balaban J connectivity index is 0.00000122. The van der Waals surface area contributed by atoms with Crippen molar-refractivity contribution in [2.45, 2.75) is 156 Å². The smallest absolute Gasteiger partial charge is 0.353 e. The van der Waals surface area contributed by atoms with Crippen molar-refractivity contribution < 1.29 is 83.9 Å². The first-order valence-electron chi connectivity index (χ1n) is 29.5. The predicted octanol–water partition coefficient (Wildman–Crippen LogP) is 2.74. The van der Waals surface area contributed by atoms with Crippen LogP contribution in [0.15, 0.2) is 25.3 Å². The minimum Gasteiger partial charge on any atom is -0.468 e. The van der Waals surface area contributed by atoms with Crippen molar-refractivity contribution in [1.82, 2.24) is 45.2 Å². The van der Waals surface area contributed by atoms with Crippen molar-refractivity contribution in [3.8, 4) is 0 Å². The summed E-state index contributed by atoms with van der Waals surface area (Å²) in [5, 5.41) is 109. The third-order valence-electron chi connectivity index (χ3n) is 15.1. The number of hydrogen-bond donors (Lipinski definition) is 12. The molecule has 4 aromatic rings. The van der Waals surface area contributed by atoms with Crippen LogP contribution < -0.4 is 41.7 Å². The Morgan fingerprint density at radius 3 is 1.34 bits per heavy atom. The second-order valence-corrected chi connectivity index (χ2v) is 23.8. The van der Waals surface area contributed by atoms with Crippen molar-refractivity contribution >= 4 is 123 Å². The van der Waals surface area contributed by atoms with Gasteiger partial charge in [-0.1, -0.05) is 98.6 Å². The highest BCUT2D eigenvalue weighted by Crippen LogP contribution is 2.40. The van der Waals surface area contributed by atoms with Crippen LogP contribution >= 0.6 is 47.2 Å². The van der Waals surface area contributed by atoms with E-state index in [1.807, 2.05) is 46.4 Å². The molecule has 4 saturated heterocycles. The molecule has 564 valence electrons. The number of aliphatic hydroxyl groups excluding tert-OH is 7. The maximum Gasteiger partial charge on any atom is 0.353 e. The number of carbonyl (C=O) groups excluding carboxylic acids is 4. The number of fused-ring (bicyclic) bond motifs is 3. The number of halogens is 4. The number of nitrogens with two attached hydrogens (primary N) is 1. The molecule has 11 atom stereocenters. The maximum atomic E-state index is 12.2. The summed E-state index contributed by atoms with van der Waals surface area (Å²) in [6, 6.07) is -3.08. The number of hydrogen-bond acceptors (Lipinski definition) is 35. The normalized spacial score (nSPS) is 20.6. The number of rotatable bonds is 18. The van der Waals surface area contributed by atoms with Crippen LogP contribution in [0.25, 0.3) is 0 Å². The van der Waals surface area contributed by atoms with Gasteiger partial charge in [-0.2, -0.15) is 0 Å². The van der Waals surface area contributed by atoms with Crippen molar-refractivity contribution in [3.05, 3.63) is 71.1 Å². The molecule has 9 rings (SSSR count). The number of nitro groups is 3. The molecule has 13 N–H and O–H groups in total. The molecule has 0 bridgehead atoms. The molecule has 0 spiro atoms. The summed E-state index contributed by atoms with van der Waals surface area (Å²) in [6.45, 7) is 12.4. The first-order valence-corrected chi connectivity index (χ1v) is 30.6. The number of esters is 3. The zero-order chi connectivity index (χ0) is 72.0. The van der Waals surface area contributed by atoms with Gasteiger partial charge in [0.25, 0.3) is 0 Å². The molecule has 1 amide bonds. The van der Waals surface area contributed by atoms with Gasteiger partial charge < -0.3 is 91.7 Å². The molecule has 9 heterocycles. The molecule has 0 radical (unpaired) electrons. The Labute approximate surface area is 598 Å². The lowest BCUT2D eigenvalue weighted by atomic mass is 10.1. The van der Waals surface area contributed by atoms with Gasteiger partial charge in [0.2, 0.25) is 38.8 Å². The van der Waals surface area contributed by atoms with Crippen LogP contribution in [0.2, 0.25) is 15.5 Å². The highest BCUT2D eigenvalue weighted by Gasteiger charge is 2.45. The van der Waals surface area contributed by atoms with E-state index >= 15 is 0 Å². The standard InChI is InChI=1S/C15H23N5O6.C14H21N5O3.C10H11ClN4O5.C6H11NO3.C5H13NO.C4HCl2N3O2.3CH4.ClH/c1-8(2)10(6-21)18-13-12(20(24)25)14(17-7-16-13)19-5-9(22)4-11(19)15(23)26-3;1-7(2)9(5-20)17-12-11-13(16-6-15-12)19-4-8(21)3-10(19)14(22)18-11;1-20-10(17)6-2-5(16)3-14(6)9-7(15(18)19)8(11)12-4-13-9;1-10-6(9)5-2-4(8)3-7-5;1-4(2)5(6)3-7;5-3-2(9(10)11)4(6)8-1-7-3;;;;/h7-11,21-22H,4-6H2,1-3H3,(H,16,17,18);6-10,20-21H,3-5H2,1-2H3,(H,18,22)(H,15,16,17);4-6,16H,2-3H2,1H3;4-5,7-8H,2-3H2,1H3;4-5,7H,3,6H2,1-2H3;1H;3*1H4;1H/t9-,10?,11+;8-,9?,10-;5-,6+;4-,5+;;;;;;/m1111....../s1. The summed E-state index contributed by atoms with van der Waals surface area (Å²) in [5.41, 5.74) is 4.49. The van der Waals surface area contributed by atoms with Gasteiger partial charge in [-0.05, 0) is 17.8 Å². The molecule has 43 heteroatoms. The number of nitrogens with zero attached hydrogens (tertiary/aromatic N) is 14. The van der Waals surface area contributed by atoms with Crippen molar-refractivity contribution in [2.24, 2.45) is 23.5 Å². The molecule has 5 aliphatic heterocycles. The summed E-state index contributed by atoms with van der Waals surface area (Å²) in [7, 11) is 3.75. The van der Waals surface area contributed by atoms with Gasteiger partial charge in [-0.25, -0.2) is 49.5 Å². The number of ether oxygens (including phenoxy) is 3. The number of aliphatic hydroxyl groups is 7. The zero-order valence-electron chi connectivity index (χ0n) is 54.0. The molecule has 39 nitrogen and oxygen atoms in total. The summed E-state index contributed by atoms with van der Waals surface area (Å²) in [6.07, 6.45) is 3.15. The Morgan fingerprint density at radius 1 is 0.570 bits per heavy atom. The largest absolute Gasteiger partial charge is 0.468 e. The number of nitrogens with one attached hydrogen (secondary N) is 4. The highest BCUT2D eigenvalue weighted by molar-refractivity contribution is 6.36. The Hall–Kier alpha value is -7.80. The lowest BCUT2D eigenvalue weighted by molar-refractivity contribution is -0.385. The molecule has 100 heavy (non-hydrogen) atoms. The lowest BCUT2D eigenvalue weighted by Gasteiger charge is -2.33. The summed E-state index contributed by atoms with van der Waals surface area (Å²) in [5.74, 6) is -0.228. The molecule has 5 aliphatic rings. The summed E-state index contributed by atoms with van der Waals surface area (Å²) >= 11 is 16.4. The van der Waals surface area contributed by atoms with Crippen molar-refractivity contribution in [1.29, 1.82) is 0 Å². The minimum atomic E-state index is -0.879. The molecular weight excluding hydrogens is 1410 g/mol. The average Bonchev–Trinajstić information content (AvgIpc) is 1.53. The third-order valence-corrected chi connectivity index (χ3v) is 16.0. The second kappa shape index (κ2) is 43.8. The van der Waals surface area contributed by atoms with E-state index in [-0.39, 0.29) is 161 Å². The topological polar surface area (TPSA) is 554 Å². The molecule has 0 aromatic carbocycles. The quantitative estimate of drug-likeness (QED) is 0.0224. The number of β-amino-alcohol motifs (C(OH)–C–C–N with tert-alkyl or cyclic N) is 3. The fourth-order valence-electron chi connectivity index (χ4n) is 9.64. The number of amides is 1. The molecular formula is C57H93Cl4N19O20. The predicted molar refractivity (Wildman–Crippen MR) is 371 cm³/mol. The van der Waals surface area contributed by atoms with E-state index < -0.39 is 86.3 Å². The van der Waals surface area contributed by atoms with Crippen molar-refractivity contribution in [3.63, 3.8) is 0 Å². The van der Waals surface area contributed by atoms with E-state index in [0.717, 1.165) is 19.0 Å². The van der Waals surface area contributed by atoms with E-state index in [1.165, 1.54) is 37.5 Å². The molecule has 4 fully saturated rings. The molecule has 0 aliphatic carbocycles. The van der Waals surface area contributed by atoms with Gasteiger partial charge in [-0.3, -0.25) is 39.9 Å². The van der Waals surface area contributed by atoms with Gasteiger partial charge >= 0.3 is 35.0 Å². The Morgan fingerprint density at radius 2 is 0.960 bits per heavy atom. The lowest BCUT2D eigenvalue weighted by Crippen LogP contribution is -2.45. The number of methoxy groups -OCH3 is 3. The first kappa shape index (κ1) is 92.2. The van der Waals surface area contributed by atoms with E-state index in [2.05, 4.69) is 70.6 Å². The zero-order valence-corrected chi connectivity index (χ0v) is 57.1. The van der Waals surface area contributed by atoms with Crippen LogP contribution in [-0.2, 0) is 33.4 Å². The Bertz CT molecular complexity index is 3270. The Kier molecular flexibility index (Phi) is 40.4. The summed E-state index contributed by atoms with van der Waals surface area (Å²) in [4.78, 5) is 112. The van der Waals surface area contributed by atoms with Gasteiger partial charge in [0, 0.05) is 57.9 Å². The van der Waals surface area contributed by atoms with Crippen molar-refractivity contribution in [2.75, 3.05) is 98.0 Å². The highest BCUT2D eigenvalue weighted by atomic mass is 35.5. The third kappa shape index (κ3) is 25.1. The first-order chi connectivity index (χ1) is 45.3. The van der Waals surface area contributed by atoms with Gasteiger partial charge in [0.05, 0.1) is 92.4 Å². The van der Waals surface area contributed by atoms with Crippen LogP contribution in [0.5, 0.6) is 0 Å². The fourth-order valence-corrected chi connectivity index (χ4v) is 10.3. The van der Waals surface area contributed by atoms with E-state index in [0.29, 0.717) is 49.2 Å². The van der Waals surface area contributed by atoms with Gasteiger partial charge in [0.15, 0.2) is 11.6 Å². The van der Waals surface area contributed by atoms with E-state index in [4.69, 9.17) is 55.5 Å². The monoisotopic (exact) mass is 1500 g/mol. The molecule has 4 aromatic heterocycles. The number of anilines is 6. The number of carbonyl (C=O) groups is 4. The van der Waals surface area contributed by atoms with Gasteiger partial charge in [0.1, 0.15) is 55.2 Å². The molecule has 0 saturated carbocycles. The second-order valence-electron chi connectivity index (χ2n) is 22.8. The maximum absolute atomic E-state index is 12.2. The minimum absolute atomic E-state index is 0. The van der Waals surface area contributed by atoms with Crippen LogP contribution in [0.1, 0.15) is 89.5 Å². The van der Waals surface area contributed by atoms with Crippen LogP contribution in [0.3, 0.4) is 0 Å². The fraction of sp³-hybridized carbons (Fsp3) is 0.649. The molecule has 3 unspecified atom stereocenters. The SMILES string of the molecule is C.C.C.CC(C)C(CO)Nc1ncnc2c1NC(=O)[C@H]1C[C@@H](O)CN21.CC(C)C(N)CO.COC(=O)[C@@H]1C[C@@H](O)CN1.COC(=O)[C@@H]1C[C@@H](O)CN1c1ncnc(Cl)c1[N+](=O)[O-].COC(=O)[C@@H]1C[C@@H](O)CN1c1ncnc(NC(CO)C(C)C)c1[N+](=O)[O-].Cl.O=[N+]([O-])c1c(Cl)ncnc1Cl. The number of aromatic nitrogens is 8. The van der Waals surface area contributed by atoms with E-state index in [9.17, 15) is 75.1 Å². The van der Waals surface area contributed by atoms with Crippen LogP contribution in [0, 0.1) is 48.1 Å². The summed E-state index contributed by atoms with van der Waals surface area (Å²) < 4.78 is 13.8.